The molecule has 1 saturated heterocycles. The topological polar surface area (TPSA) is 49.2 Å². The van der Waals surface area contributed by atoms with Gasteiger partial charge >= 0.3 is 0 Å². The van der Waals surface area contributed by atoms with Gasteiger partial charge in [-0.05, 0) is 24.3 Å². The van der Waals surface area contributed by atoms with E-state index in [2.05, 4.69) is 16.0 Å². The van der Waals surface area contributed by atoms with Gasteiger partial charge in [-0.25, -0.2) is 0 Å². The molecule has 0 unspecified atom stereocenters. The number of hydrogen-bond acceptors (Lipinski definition) is 4. The first-order valence-corrected chi connectivity index (χ1v) is 7.07. The molecule has 5 heteroatoms. The lowest BCUT2D eigenvalue weighted by Crippen LogP contribution is -2.43. The van der Waals surface area contributed by atoms with Crippen molar-refractivity contribution >= 4 is 28.2 Å². The summed E-state index contributed by atoms with van der Waals surface area (Å²) in [7, 11) is 0. The Labute approximate surface area is 122 Å². The number of nitriles is 1. The molecule has 3 rings (SSSR count). The Balaban J connectivity index is 2.06. The molecule has 1 aromatic carbocycles. The Morgan fingerprint density at radius 1 is 1.45 bits per heavy atom. The van der Waals surface area contributed by atoms with Crippen LogP contribution in [0.15, 0.2) is 30.5 Å². The lowest BCUT2D eigenvalue weighted by Gasteiger charge is -2.34. The van der Waals surface area contributed by atoms with Gasteiger partial charge in [-0.1, -0.05) is 0 Å². The van der Waals surface area contributed by atoms with E-state index in [1.54, 1.807) is 6.20 Å². The zero-order chi connectivity index (χ0) is 13.9. The second kappa shape index (κ2) is 5.66. The smallest absolute Gasteiger partial charge is 0.101 e. The van der Waals surface area contributed by atoms with E-state index in [0.29, 0.717) is 18.1 Å². The van der Waals surface area contributed by atoms with Crippen LogP contribution in [0, 0.1) is 11.3 Å². The lowest BCUT2D eigenvalue weighted by atomic mass is 10.1. The van der Waals surface area contributed by atoms with Gasteiger partial charge in [0, 0.05) is 30.4 Å². The van der Waals surface area contributed by atoms with Crippen LogP contribution in [0.2, 0.25) is 0 Å². The van der Waals surface area contributed by atoms with Crippen molar-refractivity contribution in [3.8, 4) is 6.07 Å². The molecule has 0 aliphatic carbocycles. The normalized spacial score (nSPS) is 19.0. The minimum atomic E-state index is 0.0489. The highest BCUT2D eigenvalue weighted by Crippen LogP contribution is 2.29. The number of halogens is 1. The van der Waals surface area contributed by atoms with E-state index in [0.717, 1.165) is 29.7 Å². The number of anilines is 1. The minimum Gasteiger partial charge on any atom is -0.373 e. The van der Waals surface area contributed by atoms with Gasteiger partial charge < -0.3 is 9.64 Å². The van der Waals surface area contributed by atoms with Crippen molar-refractivity contribution in [2.45, 2.75) is 6.10 Å². The third kappa shape index (κ3) is 2.31. The van der Waals surface area contributed by atoms with Crippen LogP contribution in [0.25, 0.3) is 10.9 Å². The van der Waals surface area contributed by atoms with Crippen LogP contribution in [-0.2, 0) is 4.74 Å². The number of rotatable bonds is 2. The number of benzene rings is 1. The molecule has 102 valence electrons. The summed E-state index contributed by atoms with van der Waals surface area (Å²) in [4.78, 5) is 6.59. The molecule has 1 fully saturated rings. The molecule has 0 radical (unpaired) electrons. The minimum absolute atomic E-state index is 0.0489. The van der Waals surface area contributed by atoms with Crippen molar-refractivity contribution in [1.82, 2.24) is 4.98 Å². The molecular weight excluding hydrogens is 274 g/mol. The quantitative estimate of drug-likeness (QED) is 0.797. The summed E-state index contributed by atoms with van der Waals surface area (Å²) in [5, 5.41) is 10.2. The summed E-state index contributed by atoms with van der Waals surface area (Å²) in [6.45, 7) is 2.25. The van der Waals surface area contributed by atoms with E-state index in [1.165, 1.54) is 0 Å². The van der Waals surface area contributed by atoms with E-state index in [-0.39, 0.29) is 6.10 Å². The summed E-state index contributed by atoms with van der Waals surface area (Å²) in [5.41, 5.74) is 2.44. The first-order chi connectivity index (χ1) is 9.83. The third-order valence-electron chi connectivity index (χ3n) is 3.52. The van der Waals surface area contributed by atoms with Gasteiger partial charge in [0.2, 0.25) is 0 Å². The van der Waals surface area contributed by atoms with E-state index in [9.17, 15) is 5.26 Å². The first kappa shape index (κ1) is 13.2. The molecule has 1 aromatic heterocycles. The molecule has 4 nitrogen and oxygen atoms in total. The molecule has 0 spiro atoms. The van der Waals surface area contributed by atoms with E-state index in [1.807, 2.05) is 24.3 Å². The monoisotopic (exact) mass is 287 g/mol. The Morgan fingerprint density at radius 3 is 3.15 bits per heavy atom. The summed E-state index contributed by atoms with van der Waals surface area (Å²) < 4.78 is 5.59. The lowest BCUT2D eigenvalue weighted by molar-refractivity contribution is 0.0555. The molecular formula is C15H14ClN3O. The predicted molar refractivity (Wildman–Crippen MR) is 79.1 cm³/mol. The molecule has 2 heterocycles. The number of nitrogens with zero attached hydrogens (tertiary/aromatic N) is 3. The van der Waals surface area contributed by atoms with Gasteiger partial charge in [-0.2, -0.15) is 5.26 Å². The van der Waals surface area contributed by atoms with Crippen LogP contribution in [-0.4, -0.2) is 36.7 Å². The van der Waals surface area contributed by atoms with Gasteiger partial charge in [0.1, 0.15) is 6.07 Å². The number of ether oxygens (including phenoxy) is 1. The molecule has 0 N–H and O–H groups in total. The molecule has 2 aromatic rings. The zero-order valence-electron chi connectivity index (χ0n) is 10.9. The number of fused-ring (bicyclic) bond motifs is 1. The fraction of sp³-hybridized carbons (Fsp3) is 0.333. The maximum absolute atomic E-state index is 9.18. The maximum atomic E-state index is 9.18. The van der Waals surface area contributed by atoms with Gasteiger partial charge in [0.25, 0.3) is 0 Å². The Bertz CT molecular complexity index is 668. The number of morpholine rings is 1. The maximum Gasteiger partial charge on any atom is 0.101 e. The van der Waals surface area contributed by atoms with Crippen LogP contribution in [0.3, 0.4) is 0 Å². The Hall–Kier alpha value is -1.83. The average Bonchev–Trinajstić information content (AvgIpc) is 2.54. The molecule has 0 amide bonds. The Morgan fingerprint density at radius 2 is 2.35 bits per heavy atom. The highest BCUT2D eigenvalue weighted by Gasteiger charge is 2.21. The molecule has 0 bridgehead atoms. The number of hydrogen-bond donors (Lipinski definition) is 0. The summed E-state index contributed by atoms with van der Waals surface area (Å²) in [5.74, 6) is 0.489. The molecule has 1 aliphatic heterocycles. The van der Waals surface area contributed by atoms with Crippen molar-refractivity contribution < 1.29 is 4.74 Å². The average molecular weight is 288 g/mol. The van der Waals surface area contributed by atoms with E-state index < -0.39 is 0 Å². The van der Waals surface area contributed by atoms with Crippen LogP contribution in [0.5, 0.6) is 0 Å². The fourth-order valence-electron chi connectivity index (χ4n) is 2.56. The van der Waals surface area contributed by atoms with Crippen molar-refractivity contribution in [3.05, 3.63) is 36.0 Å². The largest absolute Gasteiger partial charge is 0.373 e. The highest BCUT2D eigenvalue weighted by atomic mass is 35.5. The van der Waals surface area contributed by atoms with Crippen molar-refractivity contribution in [3.63, 3.8) is 0 Å². The standard InChI is InChI=1S/C15H14ClN3O/c16-8-12-10-19(6-7-20-12)14-4-3-11(9-17)15-13(14)2-1-5-18-15/h1-5,12H,6-8,10H2/t12-/m0/s1. The van der Waals surface area contributed by atoms with E-state index >= 15 is 0 Å². The molecule has 0 saturated carbocycles. The SMILES string of the molecule is N#Cc1ccc(N2CCO[C@@H](CCl)C2)c2cccnc12. The van der Waals surface area contributed by atoms with Crippen molar-refractivity contribution in [1.29, 1.82) is 5.26 Å². The van der Waals surface area contributed by atoms with Crippen LogP contribution in [0.4, 0.5) is 5.69 Å². The van der Waals surface area contributed by atoms with Crippen LogP contribution in [0.1, 0.15) is 5.56 Å². The van der Waals surface area contributed by atoms with E-state index in [4.69, 9.17) is 16.3 Å². The summed E-state index contributed by atoms with van der Waals surface area (Å²) in [6.07, 6.45) is 1.76. The summed E-state index contributed by atoms with van der Waals surface area (Å²) in [6, 6.07) is 9.91. The number of alkyl halides is 1. The third-order valence-corrected chi connectivity index (χ3v) is 3.86. The molecule has 1 atom stereocenters. The Kier molecular flexibility index (Phi) is 3.72. The number of pyridine rings is 1. The summed E-state index contributed by atoms with van der Waals surface area (Å²) >= 11 is 5.89. The molecule has 1 aliphatic rings. The number of aromatic nitrogens is 1. The van der Waals surface area contributed by atoms with Gasteiger partial charge in [0.05, 0.1) is 29.7 Å². The second-order valence-electron chi connectivity index (χ2n) is 4.74. The van der Waals surface area contributed by atoms with Gasteiger partial charge in [-0.15, -0.1) is 11.6 Å². The first-order valence-electron chi connectivity index (χ1n) is 6.54. The fourth-order valence-corrected chi connectivity index (χ4v) is 2.74. The van der Waals surface area contributed by atoms with Gasteiger partial charge in [0.15, 0.2) is 0 Å². The van der Waals surface area contributed by atoms with Crippen molar-refractivity contribution in [2.75, 3.05) is 30.5 Å². The predicted octanol–water partition coefficient (Wildman–Crippen LogP) is 2.55. The van der Waals surface area contributed by atoms with Crippen molar-refractivity contribution in [2.24, 2.45) is 0 Å². The van der Waals surface area contributed by atoms with Crippen LogP contribution < -0.4 is 4.90 Å². The van der Waals surface area contributed by atoms with Gasteiger partial charge in [-0.3, -0.25) is 4.98 Å². The van der Waals surface area contributed by atoms with Crippen LogP contribution >= 0.6 is 11.6 Å². The molecule has 20 heavy (non-hydrogen) atoms. The highest BCUT2D eigenvalue weighted by molar-refractivity contribution is 6.18. The zero-order valence-corrected chi connectivity index (χ0v) is 11.7. The second-order valence-corrected chi connectivity index (χ2v) is 5.05.